The molecule has 1 aliphatic carbocycles. The van der Waals surface area contributed by atoms with E-state index in [4.69, 9.17) is 4.74 Å². The molecule has 4 rings (SSSR count). The number of hydrogen-bond acceptors (Lipinski definition) is 1. The summed E-state index contributed by atoms with van der Waals surface area (Å²) in [5.41, 5.74) is 2.79. The van der Waals surface area contributed by atoms with Crippen molar-refractivity contribution in [2.24, 2.45) is 5.92 Å². The quantitative estimate of drug-likeness (QED) is 0.161. The maximum atomic E-state index is 7.10. The number of halogens is 2. The van der Waals surface area contributed by atoms with Gasteiger partial charge in [-0.05, 0) is 21.7 Å². The molecule has 0 aliphatic heterocycles. The first-order valence-corrected chi connectivity index (χ1v) is 15.9. The second kappa shape index (κ2) is 8.29. The zero-order valence-corrected chi connectivity index (χ0v) is 22.8. The van der Waals surface area contributed by atoms with E-state index in [9.17, 15) is 0 Å². The van der Waals surface area contributed by atoms with Crippen LogP contribution in [0.1, 0.15) is 23.6 Å². The van der Waals surface area contributed by atoms with Gasteiger partial charge in [0.2, 0.25) is 0 Å². The van der Waals surface area contributed by atoms with E-state index in [1.165, 1.54) is 0 Å². The topological polar surface area (TPSA) is 9.23 Å². The standard InChI is InChI=1S/C27H30Br2OSi/c1-25(31(2,3)4)24(27(25,28)29)20-30-26(21-14-8-5-9-15-21,22-16-10-6-11-17-22)23-18-12-7-13-19-23/h5-19,24H,20H2,1-4H3/t24-,25+/m1/s1. The first kappa shape index (κ1) is 23.0. The third-order valence-corrected chi connectivity index (χ3v) is 14.7. The maximum Gasteiger partial charge on any atom is 0.143 e. The fourth-order valence-electron chi connectivity index (χ4n) is 4.89. The molecule has 1 fully saturated rings. The summed E-state index contributed by atoms with van der Waals surface area (Å²) in [5, 5.41) is 0.204. The summed E-state index contributed by atoms with van der Waals surface area (Å²) in [6.07, 6.45) is 0. The second-order valence-corrected chi connectivity index (χ2v) is 18.8. The molecule has 3 aromatic carbocycles. The fourth-order valence-corrected chi connectivity index (χ4v) is 12.8. The van der Waals surface area contributed by atoms with Crippen LogP contribution in [0.25, 0.3) is 0 Å². The zero-order valence-electron chi connectivity index (χ0n) is 18.6. The molecule has 1 aliphatic rings. The number of ether oxygens (including phenoxy) is 1. The zero-order chi connectivity index (χ0) is 22.3. The van der Waals surface area contributed by atoms with Gasteiger partial charge in [-0.15, -0.1) is 0 Å². The van der Waals surface area contributed by atoms with Crippen molar-refractivity contribution in [2.45, 2.75) is 40.4 Å². The molecule has 0 aromatic heterocycles. The Labute approximate surface area is 204 Å². The Hall–Kier alpha value is -1.20. The van der Waals surface area contributed by atoms with Crippen molar-refractivity contribution >= 4 is 39.9 Å². The fraction of sp³-hybridized carbons (Fsp3) is 0.333. The van der Waals surface area contributed by atoms with Crippen molar-refractivity contribution in [2.75, 3.05) is 6.61 Å². The molecule has 1 saturated carbocycles. The predicted octanol–water partition coefficient (Wildman–Crippen LogP) is 8.21. The Morgan fingerprint density at radius 1 is 0.742 bits per heavy atom. The molecule has 162 valence electrons. The van der Waals surface area contributed by atoms with Gasteiger partial charge in [0.05, 0.1) is 17.9 Å². The van der Waals surface area contributed by atoms with Gasteiger partial charge in [0, 0.05) is 5.92 Å². The Morgan fingerprint density at radius 2 is 1.10 bits per heavy atom. The summed E-state index contributed by atoms with van der Waals surface area (Å²) < 4.78 is 7.02. The van der Waals surface area contributed by atoms with Gasteiger partial charge in [-0.3, -0.25) is 0 Å². The van der Waals surface area contributed by atoms with Crippen LogP contribution < -0.4 is 0 Å². The third kappa shape index (κ3) is 3.70. The van der Waals surface area contributed by atoms with E-state index in [1.54, 1.807) is 0 Å². The van der Waals surface area contributed by atoms with Crippen LogP contribution in [0.4, 0.5) is 0 Å². The monoisotopic (exact) mass is 556 g/mol. The van der Waals surface area contributed by atoms with E-state index >= 15 is 0 Å². The normalized spacial score (nSPS) is 22.8. The molecule has 31 heavy (non-hydrogen) atoms. The van der Waals surface area contributed by atoms with Crippen LogP contribution in [-0.4, -0.2) is 17.9 Å². The number of rotatable bonds is 7. The Morgan fingerprint density at radius 3 is 1.39 bits per heavy atom. The summed E-state index contributed by atoms with van der Waals surface area (Å²) >= 11 is 8.04. The van der Waals surface area contributed by atoms with Crippen LogP contribution in [0.15, 0.2) is 91.0 Å². The van der Waals surface area contributed by atoms with Gasteiger partial charge in [0.1, 0.15) is 5.60 Å². The smallest absolute Gasteiger partial charge is 0.143 e. The lowest BCUT2D eigenvalue weighted by atomic mass is 9.80. The lowest BCUT2D eigenvalue weighted by molar-refractivity contribution is 0.00490. The molecule has 0 radical (unpaired) electrons. The highest BCUT2D eigenvalue weighted by molar-refractivity contribution is 9.25. The number of benzene rings is 3. The molecular weight excluding hydrogens is 528 g/mol. The van der Waals surface area contributed by atoms with Crippen molar-refractivity contribution < 1.29 is 4.74 Å². The summed E-state index contributed by atoms with van der Waals surface area (Å²) in [4.78, 5) is 0. The number of hydrogen-bond donors (Lipinski definition) is 0. The van der Waals surface area contributed by atoms with Crippen molar-refractivity contribution in [3.63, 3.8) is 0 Å². The molecule has 3 aromatic rings. The van der Waals surface area contributed by atoms with Gasteiger partial charge < -0.3 is 4.74 Å². The lowest BCUT2D eigenvalue weighted by Crippen LogP contribution is -2.35. The third-order valence-electron chi connectivity index (χ3n) is 7.31. The first-order chi connectivity index (χ1) is 14.7. The van der Waals surface area contributed by atoms with Crippen molar-refractivity contribution in [1.29, 1.82) is 0 Å². The van der Waals surface area contributed by atoms with Crippen LogP contribution in [0.3, 0.4) is 0 Å². The average Bonchev–Trinajstić information content (AvgIpc) is 3.23. The minimum Gasteiger partial charge on any atom is -0.360 e. The summed E-state index contributed by atoms with van der Waals surface area (Å²) in [7, 11) is -1.45. The van der Waals surface area contributed by atoms with Crippen LogP contribution in [-0.2, 0) is 10.3 Å². The van der Waals surface area contributed by atoms with Crippen LogP contribution in [0.2, 0.25) is 24.7 Å². The molecule has 0 saturated heterocycles. The molecular formula is C27H30Br2OSi. The molecule has 2 atom stereocenters. The SMILES string of the molecule is C[C@]1([Si](C)(C)C)[C@@H](COC(c2ccccc2)(c2ccccc2)c2ccccc2)C1(Br)Br. The Bertz CT molecular complexity index is 919. The predicted molar refractivity (Wildman–Crippen MR) is 141 cm³/mol. The van der Waals surface area contributed by atoms with Crippen molar-refractivity contribution in [3.05, 3.63) is 108 Å². The largest absolute Gasteiger partial charge is 0.360 e. The van der Waals surface area contributed by atoms with E-state index in [0.29, 0.717) is 12.5 Å². The average molecular weight is 558 g/mol. The first-order valence-electron chi connectivity index (χ1n) is 10.8. The molecule has 0 N–H and O–H groups in total. The molecule has 0 amide bonds. The molecule has 1 nitrogen and oxygen atoms in total. The van der Waals surface area contributed by atoms with E-state index in [0.717, 1.165) is 16.7 Å². The van der Waals surface area contributed by atoms with Gasteiger partial charge in [0.25, 0.3) is 0 Å². The maximum absolute atomic E-state index is 7.10. The molecule has 0 heterocycles. The highest BCUT2D eigenvalue weighted by Crippen LogP contribution is 2.80. The van der Waals surface area contributed by atoms with E-state index < -0.39 is 13.7 Å². The van der Waals surface area contributed by atoms with Crippen molar-refractivity contribution in [1.82, 2.24) is 0 Å². The van der Waals surface area contributed by atoms with E-state index in [-0.39, 0.29) is 8.27 Å². The molecule has 4 heteroatoms. The van der Waals surface area contributed by atoms with Crippen molar-refractivity contribution in [3.8, 4) is 0 Å². The molecule has 0 bridgehead atoms. The van der Waals surface area contributed by atoms with Gasteiger partial charge in [-0.1, -0.05) is 149 Å². The van der Waals surface area contributed by atoms with Crippen LogP contribution in [0, 0.1) is 5.92 Å². The minimum atomic E-state index is -1.45. The highest BCUT2D eigenvalue weighted by Gasteiger charge is 2.76. The van der Waals surface area contributed by atoms with Crippen LogP contribution >= 0.6 is 31.9 Å². The Kier molecular flexibility index (Phi) is 6.15. The molecule has 0 spiro atoms. The summed E-state index contributed by atoms with van der Waals surface area (Å²) in [6.45, 7) is 10.4. The highest BCUT2D eigenvalue weighted by atomic mass is 79.9. The van der Waals surface area contributed by atoms with E-state index in [1.807, 2.05) is 0 Å². The molecule has 0 unspecified atom stereocenters. The summed E-state index contributed by atoms with van der Waals surface area (Å²) in [5.74, 6) is 0.391. The number of alkyl halides is 2. The van der Waals surface area contributed by atoms with Gasteiger partial charge in [0.15, 0.2) is 0 Å². The lowest BCUT2D eigenvalue weighted by Gasteiger charge is -2.36. The summed E-state index contributed by atoms with van der Waals surface area (Å²) in [6, 6.07) is 31.9. The minimum absolute atomic E-state index is 0.0761. The Balaban J connectivity index is 1.82. The van der Waals surface area contributed by atoms with E-state index in [2.05, 4.69) is 149 Å². The second-order valence-electron chi connectivity index (χ2n) is 9.72. The van der Waals surface area contributed by atoms with Crippen LogP contribution in [0.5, 0.6) is 0 Å². The van der Waals surface area contributed by atoms with Gasteiger partial charge in [-0.25, -0.2) is 0 Å². The van der Waals surface area contributed by atoms with Gasteiger partial charge in [-0.2, -0.15) is 0 Å². The van der Waals surface area contributed by atoms with Gasteiger partial charge >= 0.3 is 0 Å².